The van der Waals surface area contributed by atoms with E-state index >= 15 is 0 Å². The van der Waals surface area contributed by atoms with Crippen LogP contribution in [0.25, 0.3) is 0 Å². The van der Waals surface area contributed by atoms with Gasteiger partial charge in [-0.2, -0.15) is 4.98 Å². The smallest absolute Gasteiger partial charge is 0.313 e. The predicted octanol–water partition coefficient (Wildman–Crippen LogP) is 13.8. The molecule has 0 saturated heterocycles. The second kappa shape index (κ2) is 34.6. The molecule has 6 heteroatoms. The minimum absolute atomic E-state index is 0.458. The largest absolute Gasteiger partial charge is 0.481 e. The van der Waals surface area contributed by atoms with Crippen LogP contribution in [0.4, 0.5) is 0 Å². The van der Waals surface area contributed by atoms with E-state index in [9.17, 15) is 9.90 Å². The number of carbonyl (C=O) groups is 1. The minimum atomic E-state index is -1.07. The van der Waals surface area contributed by atoms with Gasteiger partial charge in [-0.3, -0.25) is 4.79 Å². The first kappa shape index (κ1) is 49.2. The van der Waals surface area contributed by atoms with Gasteiger partial charge in [0.05, 0.1) is 18.6 Å². The van der Waals surface area contributed by atoms with E-state index in [-0.39, 0.29) is 0 Å². The summed E-state index contributed by atoms with van der Waals surface area (Å²) in [6.45, 7) is 8.10. The molecule has 308 valence electrons. The Hall–Kier alpha value is -2.86. The van der Waals surface area contributed by atoms with Crippen molar-refractivity contribution in [2.45, 2.75) is 187 Å². The molecule has 0 fully saturated rings. The molecule has 0 aromatic carbocycles. The quantitative estimate of drug-likeness (QED) is 0.0539. The summed E-state index contributed by atoms with van der Waals surface area (Å²) < 4.78 is 12.3. The van der Waals surface area contributed by atoms with Crippen LogP contribution < -0.4 is 9.47 Å². The number of carboxylic acid groups (broad SMARTS) is 1. The Balaban J connectivity index is 2.44. The summed E-state index contributed by atoms with van der Waals surface area (Å²) in [5, 5.41) is 10.3. The molecule has 0 bridgehead atoms. The lowest BCUT2D eigenvalue weighted by Gasteiger charge is -2.27. The third-order valence-electron chi connectivity index (χ3n) is 10.1. The lowest BCUT2D eigenvalue weighted by atomic mass is 9.79. The number of unbranched alkanes of at least 4 members (excludes halogenated alkanes) is 18. The standard InChI is InChI=1S/C48H82N2O4/c1-6-8-10-12-14-16-18-20-22-24-26-28-30-32-34-36-40-53-45-42-44(48(3,47(51)52)38-39-50(4)5)43-46(49-45)54-41-37-35-33-31-29-27-25-23-21-19-17-15-13-11-9-7-2/h14-17,20-23,42-43H,6-13,18-19,24-41H2,1-5H3,(H,51,52)/b16-14-,17-15-,22-20-,23-21-. The molecule has 0 spiro atoms. The molecule has 0 aliphatic rings. The van der Waals surface area contributed by atoms with E-state index < -0.39 is 11.4 Å². The summed E-state index contributed by atoms with van der Waals surface area (Å²) in [6, 6.07) is 3.62. The van der Waals surface area contributed by atoms with E-state index in [1.165, 1.54) is 116 Å². The van der Waals surface area contributed by atoms with E-state index in [1.807, 2.05) is 31.1 Å². The molecule has 0 radical (unpaired) electrons. The summed E-state index contributed by atoms with van der Waals surface area (Å²) >= 11 is 0. The molecular formula is C48H82N2O4. The van der Waals surface area contributed by atoms with E-state index in [2.05, 4.69) is 67.4 Å². The Kier molecular flexibility index (Phi) is 31.5. The summed E-state index contributed by atoms with van der Waals surface area (Å²) in [7, 11) is 3.94. The van der Waals surface area contributed by atoms with Gasteiger partial charge in [0.25, 0.3) is 0 Å². The van der Waals surface area contributed by atoms with Crippen LogP contribution >= 0.6 is 0 Å². The highest BCUT2D eigenvalue weighted by molar-refractivity contribution is 5.81. The van der Waals surface area contributed by atoms with Gasteiger partial charge in [-0.15, -0.1) is 0 Å². The van der Waals surface area contributed by atoms with Crippen LogP contribution in [-0.2, 0) is 10.2 Å². The molecule has 6 nitrogen and oxygen atoms in total. The zero-order valence-corrected chi connectivity index (χ0v) is 35.6. The fourth-order valence-corrected chi connectivity index (χ4v) is 6.30. The zero-order valence-electron chi connectivity index (χ0n) is 35.6. The second-order valence-electron chi connectivity index (χ2n) is 15.6. The number of hydrogen-bond acceptors (Lipinski definition) is 5. The minimum Gasteiger partial charge on any atom is -0.481 e. The number of rotatable bonds is 37. The van der Waals surface area contributed by atoms with Crippen molar-refractivity contribution >= 4 is 5.97 Å². The van der Waals surface area contributed by atoms with Crippen LogP contribution in [0.5, 0.6) is 11.8 Å². The molecule has 0 aliphatic heterocycles. The van der Waals surface area contributed by atoms with Crippen molar-refractivity contribution in [3.63, 3.8) is 0 Å². The van der Waals surface area contributed by atoms with Gasteiger partial charge in [-0.1, -0.05) is 140 Å². The van der Waals surface area contributed by atoms with Gasteiger partial charge < -0.3 is 19.5 Å². The van der Waals surface area contributed by atoms with E-state index in [0.29, 0.717) is 43.5 Å². The van der Waals surface area contributed by atoms with Gasteiger partial charge in [0.15, 0.2) is 0 Å². The summed E-state index contributed by atoms with van der Waals surface area (Å²) in [5.74, 6) is 0.0710. The van der Waals surface area contributed by atoms with Crippen molar-refractivity contribution in [2.24, 2.45) is 0 Å². The first-order chi connectivity index (χ1) is 26.3. The highest BCUT2D eigenvalue weighted by atomic mass is 16.5. The van der Waals surface area contributed by atoms with Crippen molar-refractivity contribution in [2.75, 3.05) is 33.9 Å². The number of aliphatic carboxylic acids is 1. The van der Waals surface area contributed by atoms with Crippen LogP contribution in [0.2, 0.25) is 0 Å². The summed E-state index contributed by atoms with van der Waals surface area (Å²) in [4.78, 5) is 19.3. The third-order valence-corrected chi connectivity index (χ3v) is 10.1. The fourth-order valence-electron chi connectivity index (χ4n) is 6.30. The van der Waals surface area contributed by atoms with Gasteiger partial charge >= 0.3 is 5.97 Å². The molecule has 0 aliphatic carbocycles. The van der Waals surface area contributed by atoms with Crippen molar-refractivity contribution in [1.29, 1.82) is 0 Å². The van der Waals surface area contributed by atoms with Gasteiger partial charge in [-0.05, 0) is 117 Å². The van der Waals surface area contributed by atoms with Gasteiger partial charge in [0, 0.05) is 12.1 Å². The monoisotopic (exact) mass is 751 g/mol. The molecular weight excluding hydrogens is 669 g/mol. The molecule has 54 heavy (non-hydrogen) atoms. The molecule has 0 saturated carbocycles. The molecule has 1 unspecified atom stereocenters. The highest BCUT2D eigenvalue weighted by Crippen LogP contribution is 2.33. The second-order valence-corrected chi connectivity index (χ2v) is 15.6. The lowest BCUT2D eigenvalue weighted by molar-refractivity contribution is -0.143. The topological polar surface area (TPSA) is 71.9 Å². The number of aromatic nitrogens is 1. The molecule has 1 rings (SSSR count). The summed E-state index contributed by atoms with van der Waals surface area (Å²) in [6.07, 6.45) is 47.7. The predicted molar refractivity (Wildman–Crippen MR) is 232 cm³/mol. The Labute approximate surface area is 333 Å². The average Bonchev–Trinajstić information content (AvgIpc) is 3.16. The van der Waals surface area contributed by atoms with Gasteiger partial charge in [0.2, 0.25) is 11.8 Å². The van der Waals surface area contributed by atoms with Crippen molar-refractivity contribution in [3.05, 3.63) is 66.3 Å². The highest BCUT2D eigenvalue weighted by Gasteiger charge is 2.36. The van der Waals surface area contributed by atoms with Crippen LogP contribution in [0.3, 0.4) is 0 Å². The number of carboxylic acids is 1. The number of ether oxygens (including phenoxy) is 2. The first-order valence-corrected chi connectivity index (χ1v) is 22.1. The number of pyridine rings is 1. The van der Waals surface area contributed by atoms with Crippen LogP contribution in [0.15, 0.2) is 60.7 Å². The van der Waals surface area contributed by atoms with Crippen molar-refractivity contribution in [1.82, 2.24) is 9.88 Å². The Morgan fingerprint density at radius 2 is 0.981 bits per heavy atom. The molecule has 1 aromatic rings. The normalized spacial score (nSPS) is 13.3. The molecule has 1 heterocycles. The zero-order chi connectivity index (χ0) is 39.4. The maximum atomic E-state index is 12.6. The summed E-state index contributed by atoms with van der Waals surface area (Å²) in [5.41, 5.74) is -0.380. The SMILES string of the molecule is CCCCC/C=C\C/C=C\CCCCCCCCOc1cc(C(C)(CCN(C)C)C(=O)O)cc(OCCCCCCCC/C=C\C/C=C\CCCCC)n1. The Bertz CT molecular complexity index is 1090. The van der Waals surface area contributed by atoms with Crippen molar-refractivity contribution < 1.29 is 19.4 Å². The van der Waals surface area contributed by atoms with E-state index in [1.54, 1.807) is 6.92 Å². The Morgan fingerprint density at radius 1 is 0.611 bits per heavy atom. The molecule has 0 amide bonds. The van der Waals surface area contributed by atoms with Gasteiger partial charge in [-0.25, -0.2) is 0 Å². The molecule has 1 aromatic heterocycles. The maximum Gasteiger partial charge on any atom is 0.313 e. The average molecular weight is 751 g/mol. The maximum absolute atomic E-state index is 12.6. The number of nitrogens with zero attached hydrogens (tertiary/aromatic N) is 2. The van der Waals surface area contributed by atoms with Gasteiger partial charge in [0.1, 0.15) is 0 Å². The lowest BCUT2D eigenvalue weighted by Crippen LogP contribution is -2.36. The van der Waals surface area contributed by atoms with Crippen LogP contribution in [0, 0.1) is 0 Å². The van der Waals surface area contributed by atoms with Crippen LogP contribution in [0.1, 0.15) is 187 Å². The van der Waals surface area contributed by atoms with E-state index in [0.717, 1.165) is 38.5 Å². The number of hydrogen-bond donors (Lipinski definition) is 1. The first-order valence-electron chi connectivity index (χ1n) is 22.1. The molecule has 1 N–H and O–H groups in total. The Morgan fingerprint density at radius 3 is 1.35 bits per heavy atom. The van der Waals surface area contributed by atoms with Crippen LogP contribution in [-0.4, -0.2) is 54.8 Å². The molecule has 1 atom stereocenters. The van der Waals surface area contributed by atoms with Crippen molar-refractivity contribution in [3.8, 4) is 11.8 Å². The number of allylic oxidation sites excluding steroid dienone is 8. The fraction of sp³-hybridized carbons (Fsp3) is 0.708. The third kappa shape index (κ3) is 26.8. The van der Waals surface area contributed by atoms with E-state index in [4.69, 9.17) is 9.47 Å².